The third kappa shape index (κ3) is 7.15. The van der Waals surface area contributed by atoms with Crippen LogP contribution in [0, 0.1) is 5.92 Å². The number of ether oxygens (including phenoxy) is 1. The average Bonchev–Trinajstić information content (AvgIpc) is 2.87. The van der Waals surface area contributed by atoms with E-state index >= 15 is 0 Å². The van der Waals surface area contributed by atoms with E-state index in [1.54, 1.807) is 6.07 Å². The van der Waals surface area contributed by atoms with Crippen LogP contribution in [0.1, 0.15) is 60.3 Å². The minimum atomic E-state index is -3.72. The molecule has 0 saturated carbocycles. The van der Waals surface area contributed by atoms with Crippen molar-refractivity contribution >= 4 is 21.9 Å². The number of nitrogens with zero attached hydrogens (tertiary/aromatic N) is 2. The zero-order chi connectivity index (χ0) is 21.9. The third-order valence-electron chi connectivity index (χ3n) is 4.98. The summed E-state index contributed by atoms with van der Waals surface area (Å²) in [7, 11) is -3.72. The molecule has 0 aromatic carbocycles. The fourth-order valence-electron chi connectivity index (χ4n) is 3.65. The Morgan fingerprint density at radius 1 is 1.34 bits per heavy atom. The summed E-state index contributed by atoms with van der Waals surface area (Å²) in [5.74, 6) is 1.08. The maximum Gasteiger partial charge on any atom is 0.410 e. The topological polar surface area (TPSA) is 115 Å². The Morgan fingerprint density at radius 2 is 2.03 bits per heavy atom. The highest BCUT2D eigenvalue weighted by molar-refractivity contribution is 7.89. The van der Waals surface area contributed by atoms with Crippen LogP contribution in [0.25, 0.3) is 0 Å². The molecule has 0 aliphatic carbocycles. The van der Waals surface area contributed by atoms with Crippen molar-refractivity contribution in [1.29, 1.82) is 0 Å². The lowest BCUT2D eigenvalue weighted by Gasteiger charge is -2.33. The first kappa shape index (κ1) is 23.4. The normalized spacial score (nSPS) is 19.2. The van der Waals surface area contributed by atoms with Crippen LogP contribution >= 0.6 is 0 Å². The number of unbranched alkanes of at least 4 members (excludes halogenated alkanes) is 1. The number of hydrogen-bond donors (Lipinski definition) is 2. The molecule has 1 aromatic rings. The Bertz CT molecular complexity index is 801. The number of sulfonamides is 1. The number of amides is 1. The second kappa shape index (κ2) is 8.87. The van der Waals surface area contributed by atoms with Gasteiger partial charge in [-0.05, 0) is 71.9 Å². The first-order valence-corrected chi connectivity index (χ1v) is 11.6. The molecule has 0 bridgehead atoms. The molecule has 164 valence electrons. The zero-order valence-electron chi connectivity index (χ0n) is 18.1. The van der Waals surface area contributed by atoms with E-state index in [1.807, 2.05) is 25.7 Å². The summed E-state index contributed by atoms with van der Waals surface area (Å²) in [5, 5.41) is 8.25. The van der Waals surface area contributed by atoms with Crippen LogP contribution < -0.4 is 10.5 Å². The van der Waals surface area contributed by atoms with E-state index in [4.69, 9.17) is 9.88 Å². The average molecular weight is 427 g/mol. The van der Waals surface area contributed by atoms with Crippen molar-refractivity contribution in [3.05, 3.63) is 18.3 Å². The Morgan fingerprint density at radius 3 is 2.59 bits per heavy atom. The summed E-state index contributed by atoms with van der Waals surface area (Å²) in [5.41, 5.74) is -0.683. The number of nitrogens with one attached hydrogen (secondary N) is 1. The molecule has 1 fully saturated rings. The number of rotatable bonds is 7. The van der Waals surface area contributed by atoms with E-state index in [2.05, 4.69) is 24.1 Å². The van der Waals surface area contributed by atoms with Gasteiger partial charge in [-0.15, -0.1) is 0 Å². The van der Waals surface area contributed by atoms with Gasteiger partial charge in [0.05, 0.1) is 0 Å². The van der Waals surface area contributed by atoms with E-state index in [9.17, 15) is 13.2 Å². The number of hydrogen-bond acceptors (Lipinski definition) is 6. The van der Waals surface area contributed by atoms with Crippen LogP contribution in [-0.4, -0.2) is 48.6 Å². The van der Waals surface area contributed by atoms with Crippen molar-refractivity contribution in [3.8, 4) is 0 Å². The number of carbonyl (C=O) groups is 1. The first-order valence-electron chi connectivity index (χ1n) is 10.0. The number of carbonyl (C=O) groups excluding carboxylic acids is 1. The van der Waals surface area contributed by atoms with Crippen molar-refractivity contribution < 1.29 is 17.9 Å². The van der Waals surface area contributed by atoms with Gasteiger partial charge in [0.2, 0.25) is 10.0 Å². The molecule has 2 heterocycles. The third-order valence-corrected chi connectivity index (χ3v) is 5.88. The van der Waals surface area contributed by atoms with Gasteiger partial charge in [0.1, 0.15) is 16.3 Å². The molecule has 1 unspecified atom stereocenters. The van der Waals surface area contributed by atoms with Crippen LogP contribution in [0.4, 0.5) is 10.6 Å². The maximum atomic E-state index is 12.5. The number of aromatic nitrogens is 1. The lowest BCUT2D eigenvalue weighted by atomic mass is 9.93. The largest absolute Gasteiger partial charge is 0.444 e. The zero-order valence-corrected chi connectivity index (χ0v) is 18.9. The molecule has 1 atom stereocenters. The van der Waals surface area contributed by atoms with E-state index in [0.29, 0.717) is 11.7 Å². The first-order chi connectivity index (χ1) is 13.3. The maximum absolute atomic E-state index is 12.5. The van der Waals surface area contributed by atoms with Crippen molar-refractivity contribution in [2.75, 3.05) is 18.4 Å². The summed E-state index contributed by atoms with van der Waals surface area (Å²) >= 11 is 0. The Balaban J connectivity index is 1.73. The smallest absolute Gasteiger partial charge is 0.410 e. The van der Waals surface area contributed by atoms with Gasteiger partial charge in [-0.3, -0.25) is 0 Å². The Labute approximate surface area is 174 Å². The van der Waals surface area contributed by atoms with Crippen molar-refractivity contribution in [2.24, 2.45) is 11.1 Å². The molecular weight excluding hydrogens is 392 g/mol. The van der Waals surface area contributed by atoms with Crippen LogP contribution in [-0.2, 0) is 14.8 Å². The molecule has 1 aromatic heterocycles. The van der Waals surface area contributed by atoms with E-state index in [0.717, 1.165) is 38.8 Å². The molecule has 29 heavy (non-hydrogen) atoms. The second-order valence-electron chi connectivity index (χ2n) is 9.32. The van der Waals surface area contributed by atoms with Crippen molar-refractivity contribution in [3.63, 3.8) is 0 Å². The summed E-state index contributed by atoms with van der Waals surface area (Å²) in [4.78, 5) is 18.4. The minimum absolute atomic E-state index is 0.00133. The summed E-state index contributed by atoms with van der Waals surface area (Å²) < 4.78 is 28.0. The van der Waals surface area contributed by atoms with Gasteiger partial charge in [0, 0.05) is 24.8 Å². The molecule has 1 aliphatic rings. The summed E-state index contributed by atoms with van der Waals surface area (Å²) in [6, 6.07) is 3.05. The van der Waals surface area contributed by atoms with Crippen LogP contribution in [0.5, 0.6) is 0 Å². The van der Waals surface area contributed by atoms with E-state index < -0.39 is 15.6 Å². The van der Waals surface area contributed by atoms with Gasteiger partial charge >= 0.3 is 6.09 Å². The SMILES string of the molecule is CC(C)(C)OC(=O)N1CC(CCCCNc2ccc(S(N)(=O)=O)cn2)CC1(C)C. The molecule has 8 nitrogen and oxygen atoms in total. The molecular formula is C20H34N4O4S. The Kier molecular flexibility index (Phi) is 7.16. The van der Waals surface area contributed by atoms with Gasteiger partial charge in [-0.2, -0.15) is 0 Å². The summed E-state index contributed by atoms with van der Waals surface area (Å²) in [6.07, 6.45) is 5.02. The highest BCUT2D eigenvalue weighted by atomic mass is 32.2. The highest BCUT2D eigenvalue weighted by Gasteiger charge is 2.42. The summed E-state index contributed by atoms with van der Waals surface area (Å²) in [6.45, 7) is 11.3. The predicted molar refractivity (Wildman–Crippen MR) is 113 cm³/mol. The Hall–Kier alpha value is -1.87. The highest BCUT2D eigenvalue weighted by Crippen LogP contribution is 2.36. The van der Waals surface area contributed by atoms with Crippen molar-refractivity contribution in [2.45, 2.75) is 76.3 Å². The fraction of sp³-hybridized carbons (Fsp3) is 0.700. The number of pyridine rings is 1. The van der Waals surface area contributed by atoms with Gasteiger partial charge in [0.25, 0.3) is 0 Å². The molecule has 2 rings (SSSR count). The lowest BCUT2D eigenvalue weighted by Crippen LogP contribution is -2.45. The monoisotopic (exact) mass is 426 g/mol. The molecule has 3 N–H and O–H groups in total. The number of nitrogens with two attached hydrogens (primary N) is 1. The number of primary sulfonamides is 1. The fourth-order valence-corrected chi connectivity index (χ4v) is 4.10. The molecule has 0 spiro atoms. The van der Waals surface area contributed by atoms with E-state index in [-0.39, 0.29) is 16.5 Å². The number of anilines is 1. The molecule has 1 aliphatic heterocycles. The van der Waals surface area contributed by atoms with Crippen molar-refractivity contribution in [1.82, 2.24) is 9.88 Å². The van der Waals surface area contributed by atoms with E-state index in [1.165, 1.54) is 12.3 Å². The standard InChI is InChI=1S/C20H34N4O4S/c1-19(2,3)28-18(25)24-14-15(12-20(24,4)5)8-6-7-11-22-17-10-9-16(13-23-17)29(21,26)27/h9-10,13,15H,6-8,11-12,14H2,1-5H3,(H,22,23)(H2,21,26,27). The minimum Gasteiger partial charge on any atom is -0.444 e. The molecule has 1 saturated heterocycles. The molecule has 1 amide bonds. The molecule has 9 heteroatoms. The van der Waals surface area contributed by atoms with Crippen LogP contribution in [0.2, 0.25) is 0 Å². The van der Waals surface area contributed by atoms with Gasteiger partial charge in [0.15, 0.2) is 0 Å². The van der Waals surface area contributed by atoms with Gasteiger partial charge in [-0.25, -0.2) is 23.3 Å². The predicted octanol–water partition coefficient (Wildman–Crippen LogP) is 3.35. The quantitative estimate of drug-likeness (QED) is 0.646. The van der Waals surface area contributed by atoms with Crippen LogP contribution in [0.3, 0.4) is 0 Å². The number of likely N-dealkylation sites (tertiary alicyclic amines) is 1. The van der Waals surface area contributed by atoms with Gasteiger partial charge in [-0.1, -0.05) is 6.42 Å². The lowest BCUT2D eigenvalue weighted by molar-refractivity contribution is 0.0131. The van der Waals surface area contributed by atoms with Gasteiger partial charge < -0.3 is 15.0 Å². The van der Waals surface area contributed by atoms with Crippen LogP contribution in [0.15, 0.2) is 23.2 Å². The molecule has 0 radical (unpaired) electrons. The second-order valence-corrected chi connectivity index (χ2v) is 10.9.